The number of hydrogen-bond acceptors (Lipinski definition) is 2. The highest BCUT2D eigenvalue weighted by Gasteiger charge is 2.03. The molecule has 0 aliphatic rings. The smallest absolute Gasteiger partial charge is 0.310 e. The molecule has 0 aromatic rings. The van der Waals surface area contributed by atoms with Gasteiger partial charge in [0.15, 0.2) is 5.78 Å². The third-order valence-corrected chi connectivity index (χ3v) is 1.12. The van der Waals surface area contributed by atoms with E-state index in [-0.39, 0.29) is 34.5 Å². The predicted molar refractivity (Wildman–Crippen MR) is 41.4 cm³/mol. The minimum absolute atomic E-state index is 0. The van der Waals surface area contributed by atoms with Crippen molar-refractivity contribution in [2.75, 3.05) is 5.33 Å². The van der Waals surface area contributed by atoms with Crippen molar-refractivity contribution in [1.82, 2.24) is 0 Å². The molecule has 0 aromatic heterocycles. The van der Waals surface area contributed by atoms with Gasteiger partial charge in [-0.15, -0.1) is 17.0 Å². The topological polar surface area (TPSA) is 54.4 Å². The number of carbonyl (C=O) groups is 2. The molecule has 5 heteroatoms. The Labute approximate surface area is 71.3 Å². The third kappa shape index (κ3) is 8.10. The lowest BCUT2D eigenvalue weighted by atomic mass is 10.3. The zero-order valence-corrected chi connectivity index (χ0v) is 7.76. The van der Waals surface area contributed by atoms with Crippen molar-refractivity contribution in [3.05, 3.63) is 0 Å². The van der Waals surface area contributed by atoms with Crippen LogP contribution < -0.4 is 0 Å². The Bertz CT molecular complexity index is 112. The number of hydrogen-bond donors (Lipinski definition) is 1. The maximum Gasteiger partial charge on any atom is 0.310 e. The van der Waals surface area contributed by atoms with Crippen LogP contribution in [0, 0.1) is 0 Å². The zero-order valence-electron chi connectivity index (χ0n) is 4.46. The Kier molecular flexibility index (Phi) is 8.19. The molecule has 0 radical (unpaired) electrons. The summed E-state index contributed by atoms with van der Waals surface area (Å²) >= 11 is 2.83. The van der Waals surface area contributed by atoms with Crippen LogP contribution in [0.25, 0.3) is 0 Å². The van der Waals surface area contributed by atoms with Gasteiger partial charge in [-0.3, -0.25) is 9.59 Å². The number of alkyl halides is 1. The van der Waals surface area contributed by atoms with E-state index < -0.39 is 5.97 Å². The van der Waals surface area contributed by atoms with Crippen LogP contribution in [-0.2, 0) is 9.59 Å². The van der Waals surface area contributed by atoms with E-state index in [9.17, 15) is 9.59 Å². The number of halogens is 2. The lowest BCUT2D eigenvalue weighted by Gasteiger charge is -1.85. The molecule has 1 N–H and O–H groups in total. The summed E-state index contributed by atoms with van der Waals surface area (Å²) in [4.78, 5) is 19.9. The molecule has 0 heterocycles. The number of carboxylic acid groups (broad SMARTS) is 1. The fourth-order valence-electron chi connectivity index (χ4n) is 0.216. The molecule has 0 unspecified atom stereocenters. The normalized spacial score (nSPS) is 7.67. The molecule has 0 saturated carbocycles. The number of rotatable bonds is 3. The first kappa shape index (κ1) is 11.8. The first-order chi connectivity index (χ1) is 3.66. The van der Waals surface area contributed by atoms with Gasteiger partial charge in [0.05, 0.1) is 5.33 Å². The van der Waals surface area contributed by atoms with Crippen LogP contribution in [0.15, 0.2) is 0 Å². The minimum atomic E-state index is -1.07. The standard InChI is InChI=1S/C4H5BrO3.BrH/c5-2-3(6)1-4(7)8;/h1-2H2,(H,7,8);1H. The molecule has 0 bridgehead atoms. The van der Waals surface area contributed by atoms with E-state index in [4.69, 9.17) is 5.11 Å². The van der Waals surface area contributed by atoms with Gasteiger partial charge < -0.3 is 5.11 Å². The molecule has 54 valence electrons. The van der Waals surface area contributed by atoms with E-state index in [2.05, 4.69) is 15.9 Å². The molecule has 0 aliphatic carbocycles. The molecule has 0 spiro atoms. The van der Waals surface area contributed by atoms with Crippen molar-refractivity contribution >= 4 is 44.7 Å². The summed E-state index contributed by atoms with van der Waals surface area (Å²) in [5, 5.41) is 8.10. The van der Waals surface area contributed by atoms with Gasteiger partial charge in [-0.25, -0.2) is 0 Å². The average Bonchev–Trinajstić information content (AvgIpc) is 1.65. The van der Waals surface area contributed by atoms with E-state index in [1.54, 1.807) is 0 Å². The first-order valence-corrected chi connectivity index (χ1v) is 3.08. The number of aliphatic carboxylic acids is 1. The second kappa shape index (κ2) is 6.22. The fourth-order valence-corrected chi connectivity index (χ4v) is 0.414. The first-order valence-electron chi connectivity index (χ1n) is 1.96. The molecule has 0 fully saturated rings. The van der Waals surface area contributed by atoms with E-state index in [0.717, 1.165) is 0 Å². The van der Waals surface area contributed by atoms with E-state index in [1.807, 2.05) is 0 Å². The van der Waals surface area contributed by atoms with Crippen LogP contribution in [0.5, 0.6) is 0 Å². The second-order valence-electron chi connectivity index (χ2n) is 1.24. The maximum absolute atomic E-state index is 10.2. The summed E-state index contributed by atoms with van der Waals surface area (Å²) < 4.78 is 0. The molecular weight excluding hydrogens is 256 g/mol. The Morgan fingerprint density at radius 1 is 1.44 bits per heavy atom. The van der Waals surface area contributed by atoms with Crippen molar-refractivity contribution in [2.45, 2.75) is 6.42 Å². The Morgan fingerprint density at radius 3 is 2.00 bits per heavy atom. The molecule has 0 aliphatic heterocycles. The summed E-state index contributed by atoms with van der Waals surface area (Å²) in [6.45, 7) is 0. The lowest BCUT2D eigenvalue weighted by Crippen LogP contribution is -2.06. The lowest BCUT2D eigenvalue weighted by molar-refractivity contribution is -0.139. The Hall–Kier alpha value is 0.1000. The summed E-state index contributed by atoms with van der Waals surface area (Å²) in [5.41, 5.74) is 0. The van der Waals surface area contributed by atoms with Gasteiger partial charge in [-0.1, -0.05) is 15.9 Å². The summed E-state index contributed by atoms with van der Waals surface area (Å²) in [5.74, 6) is -1.38. The monoisotopic (exact) mass is 260 g/mol. The summed E-state index contributed by atoms with van der Waals surface area (Å²) in [7, 11) is 0. The van der Waals surface area contributed by atoms with Crippen molar-refractivity contribution in [1.29, 1.82) is 0 Å². The van der Waals surface area contributed by atoms with E-state index >= 15 is 0 Å². The maximum atomic E-state index is 10.2. The van der Waals surface area contributed by atoms with Crippen LogP contribution in [0.3, 0.4) is 0 Å². The second-order valence-corrected chi connectivity index (χ2v) is 1.80. The molecule has 9 heavy (non-hydrogen) atoms. The molecular formula is C4H6Br2O3. The average molecular weight is 262 g/mol. The fraction of sp³-hybridized carbons (Fsp3) is 0.500. The molecule has 0 atom stereocenters. The van der Waals surface area contributed by atoms with Gasteiger partial charge in [-0.05, 0) is 0 Å². The van der Waals surface area contributed by atoms with Gasteiger partial charge in [-0.2, -0.15) is 0 Å². The number of Topliss-reactive ketones (excluding diaryl/α,β-unsaturated/α-hetero) is 1. The summed E-state index contributed by atoms with van der Waals surface area (Å²) in [6, 6.07) is 0. The van der Waals surface area contributed by atoms with Crippen LogP contribution in [0.2, 0.25) is 0 Å². The number of carbonyl (C=O) groups excluding carboxylic acids is 1. The van der Waals surface area contributed by atoms with Crippen molar-refractivity contribution < 1.29 is 14.7 Å². The molecule has 3 nitrogen and oxygen atoms in total. The van der Waals surface area contributed by atoms with Crippen LogP contribution in [0.4, 0.5) is 0 Å². The van der Waals surface area contributed by atoms with Gasteiger partial charge in [0.25, 0.3) is 0 Å². The largest absolute Gasteiger partial charge is 0.481 e. The minimum Gasteiger partial charge on any atom is -0.481 e. The van der Waals surface area contributed by atoms with Crippen LogP contribution >= 0.6 is 32.9 Å². The molecule has 0 saturated heterocycles. The molecule has 0 aromatic carbocycles. The van der Waals surface area contributed by atoms with Crippen molar-refractivity contribution in [3.8, 4) is 0 Å². The number of ketones is 1. The van der Waals surface area contributed by atoms with Crippen LogP contribution in [-0.4, -0.2) is 22.2 Å². The van der Waals surface area contributed by atoms with Gasteiger partial charge in [0, 0.05) is 0 Å². The predicted octanol–water partition coefficient (Wildman–Crippen LogP) is 1.00. The highest BCUT2D eigenvalue weighted by Crippen LogP contribution is 1.87. The van der Waals surface area contributed by atoms with E-state index in [0.29, 0.717) is 0 Å². The summed E-state index contributed by atoms with van der Waals surface area (Å²) in [6.07, 6.45) is -0.384. The highest BCUT2D eigenvalue weighted by atomic mass is 79.9. The third-order valence-electron chi connectivity index (χ3n) is 0.497. The molecule has 0 rings (SSSR count). The van der Waals surface area contributed by atoms with E-state index in [1.165, 1.54) is 0 Å². The highest BCUT2D eigenvalue weighted by molar-refractivity contribution is 9.09. The van der Waals surface area contributed by atoms with Crippen molar-refractivity contribution in [2.24, 2.45) is 0 Å². The van der Waals surface area contributed by atoms with Gasteiger partial charge in [0.1, 0.15) is 6.42 Å². The SMILES string of the molecule is Br.O=C(O)CC(=O)CBr. The van der Waals surface area contributed by atoms with Gasteiger partial charge >= 0.3 is 5.97 Å². The molecule has 0 amide bonds. The zero-order chi connectivity index (χ0) is 6.57. The van der Waals surface area contributed by atoms with Gasteiger partial charge in [0.2, 0.25) is 0 Å². The Balaban J connectivity index is 0. The number of carboxylic acids is 1. The quantitative estimate of drug-likeness (QED) is 0.609. The van der Waals surface area contributed by atoms with Crippen molar-refractivity contribution in [3.63, 3.8) is 0 Å². The van der Waals surface area contributed by atoms with Crippen LogP contribution in [0.1, 0.15) is 6.42 Å². The Morgan fingerprint density at radius 2 is 1.89 bits per heavy atom.